The molecule has 0 atom stereocenters. The Hall–Kier alpha value is -3.23. The molecule has 0 saturated carbocycles. The van der Waals surface area contributed by atoms with Crippen LogP contribution in [0.2, 0.25) is 0 Å². The van der Waals surface area contributed by atoms with Crippen molar-refractivity contribution >= 4 is 28.5 Å². The summed E-state index contributed by atoms with van der Waals surface area (Å²) in [7, 11) is 1.43. The minimum absolute atomic E-state index is 0.0143. The maximum Gasteiger partial charge on any atom is 0.419 e. The number of benzene rings is 1. The largest absolute Gasteiger partial charge is 0.463 e. The molecule has 0 saturated heterocycles. The molecule has 0 amide bonds. The molecule has 0 aliphatic heterocycles. The molecule has 140 valence electrons. The lowest BCUT2D eigenvalue weighted by Crippen LogP contribution is -2.14. The molecule has 1 N–H and O–H groups in total. The van der Waals surface area contributed by atoms with Crippen molar-refractivity contribution in [1.29, 1.82) is 0 Å². The molecule has 0 unspecified atom stereocenters. The van der Waals surface area contributed by atoms with Gasteiger partial charge in [-0.05, 0) is 31.2 Å². The van der Waals surface area contributed by atoms with Crippen molar-refractivity contribution in [1.82, 2.24) is 4.98 Å². The standard InChI is InChI=1S/C18H14F4N4O/c1-10(11-7-16-15(24-9-11)5-6-27-16)25-17(23-2)26-12-3-4-14(19)13(8-12)18(20,21)22/h3-9H,1-2H3,(H,23,26)/b25-10+. The molecule has 5 nitrogen and oxygen atoms in total. The molecular formula is C18H14F4N4O. The number of fused-ring (bicyclic) bond motifs is 1. The molecule has 0 bridgehead atoms. The molecule has 0 radical (unpaired) electrons. The minimum atomic E-state index is -4.80. The predicted octanol–water partition coefficient (Wildman–Crippen LogP) is 4.89. The molecule has 0 fully saturated rings. The average Bonchev–Trinajstić information content (AvgIpc) is 3.09. The molecule has 0 aliphatic carbocycles. The van der Waals surface area contributed by atoms with Gasteiger partial charge in [-0.2, -0.15) is 13.2 Å². The van der Waals surface area contributed by atoms with E-state index < -0.39 is 17.6 Å². The van der Waals surface area contributed by atoms with Crippen LogP contribution in [0.4, 0.5) is 23.2 Å². The van der Waals surface area contributed by atoms with Crippen LogP contribution in [-0.4, -0.2) is 23.7 Å². The first-order valence-corrected chi connectivity index (χ1v) is 7.77. The van der Waals surface area contributed by atoms with Crippen LogP contribution in [0.3, 0.4) is 0 Å². The fourth-order valence-electron chi connectivity index (χ4n) is 2.35. The van der Waals surface area contributed by atoms with Crippen molar-refractivity contribution in [3.8, 4) is 0 Å². The molecule has 27 heavy (non-hydrogen) atoms. The third-order valence-corrected chi connectivity index (χ3v) is 3.73. The summed E-state index contributed by atoms with van der Waals surface area (Å²) in [6.45, 7) is 1.70. The van der Waals surface area contributed by atoms with Gasteiger partial charge in [-0.25, -0.2) is 9.38 Å². The number of furan rings is 1. The molecule has 9 heteroatoms. The summed E-state index contributed by atoms with van der Waals surface area (Å²) >= 11 is 0. The number of hydrogen-bond acceptors (Lipinski definition) is 3. The van der Waals surface area contributed by atoms with Gasteiger partial charge in [0.15, 0.2) is 5.58 Å². The highest BCUT2D eigenvalue weighted by atomic mass is 19.4. The number of pyridine rings is 1. The van der Waals surface area contributed by atoms with Crippen LogP contribution in [0.25, 0.3) is 11.1 Å². The molecule has 3 aromatic rings. The first-order valence-electron chi connectivity index (χ1n) is 7.77. The fourth-order valence-corrected chi connectivity index (χ4v) is 2.35. The first-order chi connectivity index (χ1) is 12.8. The van der Waals surface area contributed by atoms with Crippen molar-refractivity contribution in [2.24, 2.45) is 9.98 Å². The van der Waals surface area contributed by atoms with E-state index in [1.54, 1.807) is 25.3 Å². The maximum absolute atomic E-state index is 13.4. The van der Waals surface area contributed by atoms with Gasteiger partial charge in [0.25, 0.3) is 0 Å². The van der Waals surface area contributed by atoms with Crippen LogP contribution in [-0.2, 0) is 6.18 Å². The fraction of sp³-hybridized carbons (Fsp3) is 0.167. The lowest BCUT2D eigenvalue weighted by atomic mass is 10.2. The number of alkyl halides is 3. The normalized spacial score (nSPS) is 13.3. The van der Waals surface area contributed by atoms with E-state index in [0.717, 1.165) is 6.07 Å². The van der Waals surface area contributed by atoms with Gasteiger partial charge in [-0.1, -0.05) is 0 Å². The lowest BCUT2D eigenvalue weighted by Gasteiger charge is -2.11. The van der Waals surface area contributed by atoms with Crippen molar-refractivity contribution in [2.75, 3.05) is 12.4 Å². The van der Waals surface area contributed by atoms with E-state index >= 15 is 0 Å². The number of aromatic nitrogens is 1. The number of anilines is 1. The van der Waals surface area contributed by atoms with Crippen LogP contribution in [0, 0.1) is 5.82 Å². The summed E-state index contributed by atoms with van der Waals surface area (Å²) in [4.78, 5) is 12.4. The van der Waals surface area contributed by atoms with E-state index in [1.807, 2.05) is 0 Å². The van der Waals surface area contributed by atoms with E-state index in [0.29, 0.717) is 28.4 Å². The third-order valence-electron chi connectivity index (χ3n) is 3.73. The Morgan fingerprint density at radius 1 is 1.19 bits per heavy atom. The van der Waals surface area contributed by atoms with E-state index in [-0.39, 0.29) is 11.6 Å². The smallest absolute Gasteiger partial charge is 0.419 e. The zero-order valence-corrected chi connectivity index (χ0v) is 14.3. The lowest BCUT2D eigenvalue weighted by molar-refractivity contribution is -0.139. The van der Waals surface area contributed by atoms with E-state index in [9.17, 15) is 17.6 Å². The van der Waals surface area contributed by atoms with Crippen molar-refractivity contribution < 1.29 is 22.0 Å². The third kappa shape index (κ3) is 4.13. The number of rotatable bonds is 2. The average molecular weight is 378 g/mol. The number of hydrogen-bond donors (Lipinski definition) is 1. The summed E-state index contributed by atoms with van der Waals surface area (Å²) in [5.74, 6) is -1.28. The number of aliphatic imine (C=N–C) groups is 2. The summed E-state index contributed by atoms with van der Waals surface area (Å²) < 4.78 is 57.2. The quantitative estimate of drug-likeness (QED) is 0.392. The van der Waals surface area contributed by atoms with Crippen LogP contribution in [0.15, 0.2) is 57.2 Å². The SMILES string of the molecule is CN=C(/N=C(\C)c1cnc2ccoc2c1)Nc1ccc(F)c(C(F)(F)F)c1. The Balaban J connectivity index is 1.86. The second-order valence-electron chi connectivity index (χ2n) is 5.59. The van der Waals surface area contributed by atoms with Crippen LogP contribution in [0.5, 0.6) is 0 Å². The molecule has 2 aromatic heterocycles. The topological polar surface area (TPSA) is 62.8 Å². The van der Waals surface area contributed by atoms with Crippen molar-refractivity contribution in [2.45, 2.75) is 13.1 Å². The van der Waals surface area contributed by atoms with Gasteiger partial charge in [0, 0.05) is 30.6 Å². The summed E-state index contributed by atoms with van der Waals surface area (Å²) in [6.07, 6.45) is -1.68. The van der Waals surface area contributed by atoms with Crippen LogP contribution >= 0.6 is 0 Å². The highest BCUT2D eigenvalue weighted by molar-refractivity contribution is 6.09. The second kappa shape index (κ2) is 7.18. The predicted molar refractivity (Wildman–Crippen MR) is 94.6 cm³/mol. The summed E-state index contributed by atoms with van der Waals surface area (Å²) in [5.41, 5.74) is 1.11. The molecule has 0 spiro atoms. The second-order valence-corrected chi connectivity index (χ2v) is 5.59. The number of guanidine groups is 1. The molecule has 0 aliphatic rings. The van der Waals surface area contributed by atoms with Crippen LogP contribution in [0.1, 0.15) is 18.1 Å². The Morgan fingerprint density at radius 3 is 2.67 bits per heavy atom. The van der Waals surface area contributed by atoms with Gasteiger partial charge < -0.3 is 9.73 Å². The highest BCUT2D eigenvalue weighted by Gasteiger charge is 2.34. The van der Waals surface area contributed by atoms with E-state index in [4.69, 9.17) is 4.42 Å². The zero-order valence-electron chi connectivity index (χ0n) is 14.3. The monoisotopic (exact) mass is 378 g/mol. The number of nitrogens with zero attached hydrogens (tertiary/aromatic N) is 3. The number of halogens is 4. The van der Waals surface area contributed by atoms with Gasteiger partial charge in [0.2, 0.25) is 5.96 Å². The van der Waals surface area contributed by atoms with Gasteiger partial charge in [-0.3, -0.25) is 9.98 Å². The molecular weight excluding hydrogens is 364 g/mol. The molecule has 2 heterocycles. The maximum atomic E-state index is 13.4. The number of nitrogens with one attached hydrogen (secondary N) is 1. The first kappa shape index (κ1) is 18.6. The van der Waals surface area contributed by atoms with Gasteiger partial charge in [0.05, 0.1) is 17.5 Å². The van der Waals surface area contributed by atoms with Crippen LogP contribution < -0.4 is 5.32 Å². The molecule has 1 aromatic carbocycles. The Morgan fingerprint density at radius 2 is 1.96 bits per heavy atom. The Kier molecular flexibility index (Phi) is 4.93. The van der Waals surface area contributed by atoms with E-state index in [2.05, 4.69) is 20.3 Å². The highest BCUT2D eigenvalue weighted by Crippen LogP contribution is 2.33. The van der Waals surface area contributed by atoms with Gasteiger partial charge in [0.1, 0.15) is 11.3 Å². The summed E-state index contributed by atoms with van der Waals surface area (Å²) in [5, 5.41) is 2.65. The zero-order chi connectivity index (χ0) is 19.6. The van der Waals surface area contributed by atoms with Crippen molar-refractivity contribution in [3.05, 3.63) is 59.7 Å². The van der Waals surface area contributed by atoms with E-state index in [1.165, 1.54) is 19.4 Å². The summed E-state index contributed by atoms with van der Waals surface area (Å²) in [6, 6.07) is 6.05. The molecule has 3 rings (SSSR count). The van der Waals surface area contributed by atoms with Gasteiger partial charge >= 0.3 is 6.18 Å². The Bertz CT molecular complexity index is 1040. The van der Waals surface area contributed by atoms with Crippen molar-refractivity contribution in [3.63, 3.8) is 0 Å². The minimum Gasteiger partial charge on any atom is -0.463 e. The Labute approximate surface area is 151 Å². The van der Waals surface area contributed by atoms with Gasteiger partial charge in [-0.15, -0.1) is 0 Å².